The predicted molar refractivity (Wildman–Crippen MR) is 97.2 cm³/mol. The molecular formula is C14H13N7O2S2. The third-order valence-electron chi connectivity index (χ3n) is 2.79. The number of hydrogen-bond acceptors (Lipinski definition) is 9. The Morgan fingerprint density at radius 2 is 2.32 bits per heavy atom. The highest BCUT2D eigenvalue weighted by Gasteiger charge is 2.08. The first kappa shape index (κ1) is 16.9. The number of rotatable bonds is 7. The molecular weight excluding hydrogens is 362 g/mol. The molecule has 0 aliphatic carbocycles. The van der Waals surface area contributed by atoms with Crippen LogP contribution in [0.3, 0.4) is 0 Å². The maximum absolute atomic E-state index is 11.8. The fraction of sp³-hybridized carbons (Fsp3) is 0.0714. The number of thiazole rings is 1. The molecule has 0 unspecified atom stereocenters. The van der Waals surface area contributed by atoms with Gasteiger partial charge in [-0.2, -0.15) is 10.1 Å². The number of nitrogens with one attached hydrogen (secondary N) is 3. The molecule has 0 aliphatic rings. The summed E-state index contributed by atoms with van der Waals surface area (Å²) < 4.78 is 0. The van der Waals surface area contributed by atoms with E-state index in [4.69, 9.17) is 0 Å². The number of amides is 1. The molecule has 3 rings (SSSR count). The van der Waals surface area contributed by atoms with Gasteiger partial charge >= 0.3 is 0 Å². The first-order valence-electron chi connectivity index (χ1n) is 7.02. The van der Waals surface area contributed by atoms with E-state index >= 15 is 0 Å². The number of nitrogens with zero attached hydrogens (tertiary/aromatic N) is 4. The smallest absolute Gasteiger partial charge is 0.240 e. The molecule has 0 aliphatic heterocycles. The number of hydrogen-bond donors (Lipinski definition) is 4. The zero-order chi connectivity index (χ0) is 17.5. The van der Waals surface area contributed by atoms with Gasteiger partial charge in [-0.3, -0.25) is 4.79 Å². The number of H-pyrrole nitrogens is 1. The molecule has 1 amide bonds. The molecule has 4 N–H and O–H groups in total. The van der Waals surface area contributed by atoms with Gasteiger partial charge in [-0.25, -0.2) is 15.5 Å². The SMILES string of the molecule is O=C(CSc1n[nH]c(N/N=C\c2ccccc2O)n1)Nc1nccs1. The molecule has 2 aromatic heterocycles. The Morgan fingerprint density at radius 3 is 3.12 bits per heavy atom. The minimum atomic E-state index is -0.183. The lowest BCUT2D eigenvalue weighted by Crippen LogP contribution is -2.13. The van der Waals surface area contributed by atoms with Crippen LogP contribution in [0.2, 0.25) is 0 Å². The van der Waals surface area contributed by atoms with E-state index in [0.717, 1.165) is 0 Å². The minimum absolute atomic E-state index is 0.133. The number of aromatic nitrogens is 4. The minimum Gasteiger partial charge on any atom is -0.507 e. The molecule has 3 aromatic rings. The highest BCUT2D eigenvalue weighted by atomic mass is 32.2. The van der Waals surface area contributed by atoms with E-state index in [1.165, 1.54) is 29.3 Å². The van der Waals surface area contributed by atoms with E-state index in [1.54, 1.807) is 35.8 Å². The fourth-order valence-electron chi connectivity index (χ4n) is 1.69. The first-order chi connectivity index (χ1) is 12.2. The van der Waals surface area contributed by atoms with Crippen molar-refractivity contribution in [1.82, 2.24) is 20.2 Å². The Bertz CT molecular complexity index is 864. The second kappa shape index (κ2) is 8.26. The summed E-state index contributed by atoms with van der Waals surface area (Å²) in [5, 5.41) is 25.7. The summed E-state index contributed by atoms with van der Waals surface area (Å²) in [6, 6.07) is 6.82. The molecule has 1 aromatic carbocycles. The summed E-state index contributed by atoms with van der Waals surface area (Å²) in [7, 11) is 0. The van der Waals surface area contributed by atoms with E-state index in [1.807, 2.05) is 0 Å². The van der Waals surface area contributed by atoms with Crippen LogP contribution in [0.25, 0.3) is 0 Å². The summed E-state index contributed by atoms with van der Waals surface area (Å²) in [5.74, 6) is 0.442. The Balaban J connectivity index is 1.47. The number of carbonyl (C=O) groups is 1. The van der Waals surface area contributed by atoms with Crippen molar-refractivity contribution in [3.05, 3.63) is 41.4 Å². The number of thioether (sulfide) groups is 1. The quantitative estimate of drug-likeness (QED) is 0.283. The largest absolute Gasteiger partial charge is 0.507 e. The van der Waals surface area contributed by atoms with Crippen LogP contribution in [0.4, 0.5) is 11.1 Å². The summed E-state index contributed by atoms with van der Waals surface area (Å²) in [4.78, 5) is 19.9. The summed E-state index contributed by atoms with van der Waals surface area (Å²) in [5.41, 5.74) is 3.24. The molecule has 0 saturated carbocycles. The topological polar surface area (TPSA) is 128 Å². The van der Waals surface area contributed by atoms with Crippen LogP contribution in [0, 0.1) is 0 Å². The molecule has 11 heteroatoms. The normalized spacial score (nSPS) is 10.9. The van der Waals surface area contributed by atoms with Gasteiger partial charge in [-0.1, -0.05) is 23.9 Å². The van der Waals surface area contributed by atoms with Gasteiger partial charge in [0.2, 0.25) is 17.0 Å². The summed E-state index contributed by atoms with van der Waals surface area (Å²) >= 11 is 2.53. The number of phenols is 1. The van der Waals surface area contributed by atoms with Crippen molar-refractivity contribution >= 4 is 46.3 Å². The second-order valence-corrected chi connectivity index (χ2v) is 6.41. The van der Waals surface area contributed by atoms with Crippen molar-refractivity contribution in [3.63, 3.8) is 0 Å². The number of phenolic OH excluding ortho intramolecular Hbond substituents is 1. The lowest BCUT2D eigenvalue weighted by Gasteiger charge is -1.98. The van der Waals surface area contributed by atoms with Crippen molar-refractivity contribution in [1.29, 1.82) is 0 Å². The molecule has 0 radical (unpaired) electrons. The average molecular weight is 375 g/mol. The van der Waals surface area contributed by atoms with Crippen molar-refractivity contribution in [2.24, 2.45) is 5.10 Å². The van der Waals surface area contributed by atoms with E-state index < -0.39 is 0 Å². The Hall–Kier alpha value is -2.92. The summed E-state index contributed by atoms with van der Waals surface area (Å²) in [6.45, 7) is 0. The van der Waals surface area contributed by atoms with E-state index in [2.05, 4.69) is 36.0 Å². The maximum Gasteiger partial charge on any atom is 0.240 e. The van der Waals surface area contributed by atoms with Crippen LogP contribution in [-0.4, -0.2) is 43.1 Å². The number of aromatic amines is 1. The number of anilines is 2. The van der Waals surface area contributed by atoms with Gasteiger partial charge in [0.1, 0.15) is 5.75 Å². The number of hydrazone groups is 1. The molecule has 9 nitrogen and oxygen atoms in total. The number of benzene rings is 1. The molecule has 2 heterocycles. The molecule has 0 atom stereocenters. The molecule has 0 saturated heterocycles. The van der Waals surface area contributed by atoms with Gasteiger partial charge in [0.25, 0.3) is 0 Å². The molecule has 0 bridgehead atoms. The van der Waals surface area contributed by atoms with Crippen molar-refractivity contribution < 1.29 is 9.90 Å². The molecule has 0 spiro atoms. The van der Waals surface area contributed by atoms with E-state index in [9.17, 15) is 9.90 Å². The van der Waals surface area contributed by atoms with Crippen LogP contribution in [0.5, 0.6) is 5.75 Å². The van der Waals surface area contributed by atoms with Crippen LogP contribution in [-0.2, 0) is 4.79 Å². The highest BCUT2D eigenvalue weighted by Crippen LogP contribution is 2.16. The monoisotopic (exact) mass is 375 g/mol. The fourth-order valence-corrected chi connectivity index (χ4v) is 2.83. The summed E-state index contributed by atoms with van der Waals surface area (Å²) in [6.07, 6.45) is 3.09. The van der Waals surface area contributed by atoms with Crippen LogP contribution < -0.4 is 10.7 Å². The Labute approximate surface area is 150 Å². The van der Waals surface area contributed by atoms with Gasteiger partial charge < -0.3 is 10.4 Å². The zero-order valence-corrected chi connectivity index (χ0v) is 14.3. The lowest BCUT2D eigenvalue weighted by molar-refractivity contribution is -0.113. The molecule has 0 fully saturated rings. The second-order valence-electron chi connectivity index (χ2n) is 4.57. The predicted octanol–water partition coefficient (Wildman–Crippen LogP) is 2.14. The Morgan fingerprint density at radius 1 is 1.44 bits per heavy atom. The van der Waals surface area contributed by atoms with Crippen molar-refractivity contribution in [3.8, 4) is 5.75 Å². The standard InChI is InChI=1S/C14H13N7O2S2/c22-10-4-2-1-3-9(10)7-16-19-12-18-14(21-20-12)25-8-11(23)17-13-15-5-6-24-13/h1-7,22H,8H2,(H,15,17,23)(H2,18,19,20,21)/b16-7-. The van der Waals surface area contributed by atoms with Gasteiger partial charge in [0, 0.05) is 17.1 Å². The lowest BCUT2D eigenvalue weighted by atomic mass is 10.2. The zero-order valence-electron chi connectivity index (χ0n) is 12.7. The molecule has 25 heavy (non-hydrogen) atoms. The van der Waals surface area contributed by atoms with Crippen LogP contribution in [0.1, 0.15) is 5.56 Å². The third-order valence-corrected chi connectivity index (χ3v) is 4.32. The van der Waals surface area contributed by atoms with Crippen LogP contribution in [0.15, 0.2) is 46.1 Å². The van der Waals surface area contributed by atoms with Gasteiger partial charge in [0.15, 0.2) is 5.13 Å². The van der Waals surface area contributed by atoms with Crippen molar-refractivity contribution in [2.75, 3.05) is 16.5 Å². The Kier molecular flexibility index (Phi) is 5.59. The number of carbonyl (C=O) groups excluding carboxylic acids is 1. The average Bonchev–Trinajstić information content (AvgIpc) is 3.27. The van der Waals surface area contributed by atoms with Gasteiger partial charge in [-0.05, 0) is 12.1 Å². The van der Waals surface area contributed by atoms with Crippen LogP contribution >= 0.6 is 23.1 Å². The van der Waals surface area contributed by atoms with Crippen molar-refractivity contribution in [2.45, 2.75) is 5.16 Å². The van der Waals surface area contributed by atoms with Gasteiger partial charge in [-0.15, -0.1) is 16.4 Å². The maximum atomic E-state index is 11.8. The number of para-hydroxylation sites is 1. The molecule has 128 valence electrons. The van der Waals surface area contributed by atoms with E-state index in [0.29, 0.717) is 21.8 Å². The van der Waals surface area contributed by atoms with Gasteiger partial charge in [0.05, 0.1) is 12.0 Å². The van der Waals surface area contributed by atoms with E-state index in [-0.39, 0.29) is 17.4 Å². The number of aromatic hydroxyl groups is 1. The first-order valence-corrected chi connectivity index (χ1v) is 8.89. The highest BCUT2D eigenvalue weighted by molar-refractivity contribution is 7.99. The third kappa shape index (κ3) is 5.02.